The van der Waals surface area contributed by atoms with E-state index in [1.54, 1.807) is 0 Å². The van der Waals surface area contributed by atoms with Crippen LogP contribution in [0.25, 0.3) is 0 Å². The average molecular weight is 269 g/mol. The Morgan fingerprint density at radius 1 is 1.33 bits per heavy atom. The van der Waals surface area contributed by atoms with Gasteiger partial charge in [-0.2, -0.15) is 0 Å². The minimum Gasteiger partial charge on any atom is -0.487 e. The number of hydrogen-bond acceptors (Lipinski definition) is 2. The highest BCUT2D eigenvalue weighted by Gasteiger charge is 2.32. The summed E-state index contributed by atoms with van der Waals surface area (Å²) in [5, 5.41) is 0.752. The number of fused-ring (bicyclic) bond motifs is 1. The Kier molecular flexibility index (Phi) is 3.37. The molecule has 0 fully saturated rings. The maximum absolute atomic E-state index is 6.16. The SMILES string of the molecule is CC(C)(C)OCc1cc(Cl)cc2c1OC(C)(C)C2. The van der Waals surface area contributed by atoms with Crippen molar-refractivity contribution in [2.45, 2.75) is 58.8 Å². The summed E-state index contributed by atoms with van der Waals surface area (Å²) in [6.45, 7) is 10.8. The monoisotopic (exact) mass is 268 g/mol. The lowest BCUT2D eigenvalue weighted by atomic mass is 10.0. The van der Waals surface area contributed by atoms with E-state index in [1.807, 2.05) is 32.9 Å². The summed E-state index contributed by atoms with van der Waals surface area (Å²) in [4.78, 5) is 0. The maximum Gasteiger partial charge on any atom is 0.129 e. The lowest BCUT2D eigenvalue weighted by Gasteiger charge is -2.22. The molecular formula is C15H21ClO2. The van der Waals surface area contributed by atoms with Crippen LogP contribution in [0, 0.1) is 0 Å². The Morgan fingerprint density at radius 2 is 2.00 bits per heavy atom. The van der Waals surface area contributed by atoms with Crippen LogP contribution < -0.4 is 4.74 Å². The molecule has 0 unspecified atom stereocenters. The van der Waals surface area contributed by atoms with Gasteiger partial charge in [0.25, 0.3) is 0 Å². The first-order chi connectivity index (χ1) is 8.16. The van der Waals surface area contributed by atoms with Crippen LogP contribution in [0.2, 0.25) is 5.02 Å². The Morgan fingerprint density at radius 3 is 2.61 bits per heavy atom. The van der Waals surface area contributed by atoms with Gasteiger partial charge in [0, 0.05) is 17.0 Å². The maximum atomic E-state index is 6.16. The Labute approximate surface area is 114 Å². The molecule has 1 aromatic carbocycles. The van der Waals surface area contributed by atoms with E-state index >= 15 is 0 Å². The summed E-state index contributed by atoms with van der Waals surface area (Å²) in [6, 6.07) is 3.93. The summed E-state index contributed by atoms with van der Waals surface area (Å²) in [7, 11) is 0. The topological polar surface area (TPSA) is 18.5 Å². The van der Waals surface area contributed by atoms with E-state index in [2.05, 4.69) is 13.8 Å². The molecule has 0 radical (unpaired) electrons. The third-order valence-electron chi connectivity index (χ3n) is 2.86. The minimum absolute atomic E-state index is 0.149. The standard InChI is InChI=1S/C15H21ClO2/c1-14(2,3)17-9-11-7-12(16)6-10-8-15(4,5)18-13(10)11/h6-7H,8-9H2,1-5H3. The van der Waals surface area contributed by atoms with Crippen LogP contribution in [-0.2, 0) is 17.8 Å². The van der Waals surface area contributed by atoms with Crippen molar-refractivity contribution < 1.29 is 9.47 Å². The van der Waals surface area contributed by atoms with Gasteiger partial charge in [0.2, 0.25) is 0 Å². The van der Waals surface area contributed by atoms with Gasteiger partial charge < -0.3 is 9.47 Å². The molecule has 0 N–H and O–H groups in total. The van der Waals surface area contributed by atoms with Crippen molar-refractivity contribution in [2.75, 3.05) is 0 Å². The van der Waals surface area contributed by atoms with Crippen molar-refractivity contribution in [3.8, 4) is 5.75 Å². The normalized spacial score (nSPS) is 17.4. The van der Waals surface area contributed by atoms with Crippen LogP contribution in [0.15, 0.2) is 12.1 Å². The van der Waals surface area contributed by atoms with Gasteiger partial charge in [0.15, 0.2) is 0 Å². The lowest BCUT2D eigenvalue weighted by Crippen LogP contribution is -2.25. The van der Waals surface area contributed by atoms with E-state index in [1.165, 1.54) is 5.56 Å². The third kappa shape index (κ3) is 3.18. The summed E-state index contributed by atoms with van der Waals surface area (Å²) in [6.07, 6.45) is 0.894. The van der Waals surface area contributed by atoms with Gasteiger partial charge in [-0.3, -0.25) is 0 Å². The molecule has 2 nitrogen and oxygen atoms in total. The van der Waals surface area contributed by atoms with Crippen molar-refractivity contribution >= 4 is 11.6 Å². The quantitative estimate of drug-likeness (QED) is 0.793. The third-order valence-corrected chi connectivity index (χ3v) is 3.08. The number of rotatable bonds is 2. The minimum atomic E-state index is -0.163. The first-order valence-corrected chi connectivity index (χ1v) is 6.68. The van der Waals surface area contributed by atoms with Crippen LogP contribution in [0.3, 0.4) is 0 Å². The molecule has 0 aromatic heterocycles. The molecule has 1 heterocycles. The fraction of sp³-hybridized carbons (Fsp3) is 0.600. The zero-order valence-corrected chi connectivity index (χ0v) is 12.5. The fourth-order valence-electron chi connectivity index (χ4n) is 2.15. The first-order valence-electron chi connectivity index (χ1n) is 6.31. The second kappa shape index (κ2) is 4.43. The Bertz CT molecular complexity index is 458. The van der Waals surface area contributed by atoms with Crippen LogP contribution in [-0.4, -0.2) is 11.2 Å². The Balaban J connectivity index is 2.27. The van der Waals surface area contributed by atoms with Gasteiger partial charge in [0.1, 0.15) is 11.4 Å². The molecule has 1 aromatic rings. The smallest absolute Gasteiger partial charge is 0.129 e. The van der Waals surface area contributed by atoms with Gasteiger partial charge in [-0.05, 0) is 52.3 Å². The van der Waals surface area contributed by atoms with Crippen molar-refractivity contribution in [3.63, 3.8) is 0 Å². The van der Waals surface area contributed by atoms with Crippen molar-refractivity contribution in [1.29, 1.82) is 0 Å². The second-order valence-corrected chi connectivity index (χ2v) is 6.93. The number of benzene rings is 1. The summed E-state index contributed by atoms with van der Waals surface area (Å²) >= 11 is 6.16. The van der Waals surface area contributed by atoms with E-state index in [9.17, 15) is 0 Å². The van der Waals surface area contributed by atoms with E-state index in [0.717, 1.165) is 22.8 Å². The zero-order chi connectivity index (χ0) is 13.6. The van der Waals surface area contributed by atoms with E-state index in [4.69, 9.17) is 21.1 Å². The summed E-state index contributed by atoms with van der Waals surface area (Å²) < 4.78 is 11.8. The fourth-order valence-corrected chi connectivity index (χ4v) is 2.41. The highest BCUT2D eigenvalue weighted by atomic mass is 35.5. The molecule has 0 saturated carbocycles. The molecule has 100 valence electrons. The molecule has 18 heavy (non-hydrogen) atoms. The van der Waals surface area contributed by atoms with Gasteiger partial charge in [-0.1, -0.05) is 11.6 Å². The zero-order valence-electron chi connectivity index (χ0n) is 11.8. The van der Waals surface area contributed by atoms with Crippen molar-refractivity contribution in [1.82, 2.24) is 0 Å². The molecule has 0 aliphatic carbocycles. The predicted molar refractivity (Wildman–Crippen MR) is 74.4 cm³/mol. The van der Waals surface area contributed by atoms with Gasteiger partial charge in [-0.15, -0.1) is 0 Å². The van der Waals surface area contributed by atoms with Crippen molar-refractivity contribution in [3.05, 3.63) is 28.3 Å². The van der Waals surface area contributed by atoms with Crippen molar-refractivity contribution in [2.24, 2.45) is 0 Å². The molecule has 2 rings (SSSR count). The predicted octanol–water partition coefficient (Wildman–Crippen LogP) is 4.37. The van der Waals surface area contributed by atoms with E-state index < -0.39 is 0 Å². The highest BCUT2D eigenvalue weighted by molar-refractivity contribution is 6.30. The van der Waals surface area contributed by atoms with Crippen LogP contribution >= 0.6 is 11.6 Å². The largest absolute Gasteiger partial charge is 0.487 e. The molecule has 0 bridgehead atoms. The van der Waals surface area contributed by atoms with Gasteiger partial charge >= 0.3 is 0 Å². The highest BCUT2D eigenvalue weighted by Crippen LogP contribution is 2.40. The number of ether oxygens (including phenoxy) is 2. The summed E-state index contributed by atoms with van der Waals surface area (Å²) in [5.41, 5.74) is 1.91. The number of hydrogen-bond donors (Lipinski definition) is 0. The lowest BCUT2D eigenvalue weighted by molar-refractivity contribution is -0.0163. The second-order valence-electron chi connectivity index (χ2n) is 6.49. The van der Waals surface area contributed by atoms with Gasteiger partial charge in [0.05, 0.1) is 12.2 Å². The molecule has 0 saturated heterocycles. The van der Waals surface area contributed by atoms with Crippen LogP contribution in [0.5, 0.6) is 5.75 Å². The van der Waals surface area contributed by atoms with Gasteiger partial charge in [-0.25, -0.2) is 0 Å². The summed E-state index contributed by atoms with van der Waals surface area (Å²) in [5.74, 6) is 0.952. The van der Waals surface area contributed by atoms with E-state index in [-0.39, 0.29) is 11.2 Å². The molecule has 1 aliphatic rings. The molecule has 3 heteroatoms. The molecule has 0 atom stereocenters. The molecular weight excluding hydrogens is 248 g/mol. The first kappa shape index (κ1) is 13.7. The molecule has 0 spiro atoms. The molecule has 0 amide bonds. The van der Waals surface area contributed by atoms with Crippen LogP contribution in [0.1, 0.15) is 45.7 Å². The molecule has 1 aliphatic heterocycles. The number of halogens is 1. The van der Waals surface area contributed by atoms with E-state index in [0.29, 0.717) is 6.61 Å². The van der Waals surface area contributed by atoms with Crippen LogP contribution in [0.4, 0.5) is 0 Å². The Hall–Kier alpha value is -0.730. The average Bonchev–Trinajstić information content (AvgIpc) is 2.47.